The van der Waals surface area contributed by atoms with Gasteiger partial charge >= 0.3 is 11.9 Å². The molecule has 0 heterocycles. The molecule has 0 aromatic carbocycles. The van der Waals surface area contributed by atoms with Gasteiger partial charge in [0.05, 0.1) is 40.3 Å². The summed E-state index contributed by atoms with van der Waals surface area (Å²) in [6.07, 6.45) is 62.9. The standard InChI is InChI=1S/C64H123NO8/c1-6-8-10-12-14-16-18-20-22-24-25-26-27-28-29-30-31-32-33-34-35-36-37-39-40-42-44-46-48-50-52-54-61(66)71-58-60(59-72-64(63(68)69)70-57-56-65(3,4)5)73-62(67)55-53-51-49-47-45-43-41-38-23-21-19-17-15-13-11-9-7-2/h21,23,60,64H,6-20,22,24-59H2,1-5H3/b23-21-. The van der Waals surface area contributed by atoms with Crippen molar-refractivity contribution in [2.75, 3.05) is 47.5 Å². The summed E-state index contributed by atoms with van der Waals surface area (Å²) in [4.78, 5) is 37.3. The van der Waals surface area contributed by atoms with Crippen LogP contribution >= 0.6 is 0 Å². The molecule has 9 heteroatoms. The molecule has 0 saturated heterocycles. The molecule has 0 aliphatic rings. The maximum Gasteiger partial charge on any atom is 0.306 e. The van der Waals surface area contributed by atoms with Gasteiger partial charge in [0.15, 0.2) is 12.4 Å². The molecule has 0 bridgehead atoms. The van der Waals surface area contributed by atoms with Gasteiger partial charge in [-0.3, -0.25) is 9.59 Å². The van der Waals surface area contributed by atoms with Crippen LogP contribution in [0, 0.1) is 0 Å². The first-order valence-corrected chi connectivity index (χ1v) is 31.8. The number of nitrogens with zero attached hydrogens (tertiary/aromatic N) is 1. The van der Waals surface area contributed by atoms with Gasteiger partial charge in [0, 0.05) is 12.8 Å². The number of hydrogen-bond donors (Lipinski definition) is 0. The Morgan fingerprint density at radius 3 is 1.01 bits per heavy atom. The highest BCUT2D eigenvalue weighted by Gasteiger charge is 2.22. The van der Waals surface area contributed by atoms with Gasteiger partial charge in [-0.2, -0.15) is 0 Å². The fourth-order valence-corrected chi connectivity index (χ4v) is 9.59. The van der Waals surface area contributed by atoms with Crippen LogP contribution in [0.4, 0.5) is 0 Å². The largest absolute Gasteiger partial charge is 0.545 e. The van der Waals surface area contributed by atoms with E-state index in [9.17, 15) is 19.5 Å². The molecular formula is C64H123NO8. The molecule has 73 heavy (non-hydrogen) atoms. The number of rotatable bonds is 60. The second-order valence-electron chi connectivity index (χ2n) is 23.1. The minimum Gasteiger partial charge on any atom is -0.545 e. The third kappa shape index (κ3) is 57.6. The van der Waals surface area contributed by atoms with E-state index < -0.39 is 24.3 Å². The molecule has 0 amide bonds. The SMILES string of the molecule is CCCCCCCC/C=C\CCCCCCCCCC(=O)OC(COC(=O)CCCCCCCCCCCCCCCCCCCCCCCCCCCCCCCCC)COC(OCC[N+](C)(C)C)C(=O)[O-]. The molecule has 2 atom stereocenters. The zero-order chi connectivity index (χ0) is 53.4. The third-order valence-corrected chi connectivity index (χ3v) is 14.5. The summed E-state index contributed by atoms with van der Waals surface area (Å²) >= 11 is 0. The van der Waals surface area contributed by atoms with Crippen LogP contribution in [-0.4, -0.2) is 82.3 Å². The first-order chi connectivity index (χ1) is 35.6. The molecule has 0 N–H and O–H groups in total. The molecule has 0 rings (SSSR count). The number of aliphatic carboxylic acids is 1. The number of carboxylic acids is 1. The summed E-state index contributed by atoms with van der Waals surface area (Å²) in [5.41, 5.74) is 0. The molecule has 0 radical (unpaired) electrons. The molecule has 0 aromatic heterocycles. The van der Waals surface area contributed by atoms with Crippen molar-refractivity contribution in [1.29, 1.82) is 0 Å². The number of quaternary nitrogens is 1. The van der Waals surface area contributed by atoms with Crippen LogP contribution in [0.25, 0.3) is 0 Å². The van der Waals surface area contributed by atoms with E-state index in [0.29, 0.717) is 23.9 Å². The van der Waals surface area contributed by atoms with Gasteiger partial charge in [-0.25, -0.2) is 0 Å². The Hall–Kier alpha value is -1.97. The minimum absolute atomic E-state index is 0.150. The Kier molecular flexibility index (Phi) is 54.7. The smallest absolute Gasteiger partial charge is 0.306 e. The predicted molar refractivity (Wildman–Crippen MR) is 307 cm³/mol. The number of carbonyl (C=O) groups is 3. The second-order valence-corrected chi connectivity index (χ2v) is 23.1. The summed E-state index contributed by atoms with van der Waals surface area (Å²) in [7, 11) is 5.93. The maximum absolute atomic E-state index is 12.9. The van der Waals surface area contributed by atoms with Gasteiger partial charge in [-0.1, -0.05) is 283 Å². The van der Waals surface area contributed by atoms with Crippen LogP contribution in [0.5, 0.6) is 0 Å². The number of carbonyl (C=O) groups excluding carboxylic acids is 3. The summed E-state index contributed by atoms with van der Waals surface area (Å²) < 4.78 is 22.7. The topological polar surface area (TPSA) is 111 Å². The van der Waals surface area contributed by atoms with E-state index >= 15 is 0 Å². The van der Waals surface area contributed by atoms with E-state index in [1.54, 1.807) is 0 Å². The lowest BCUT2D eigenvalue weighted by Crippen LogP contribution is -2.44. The van der Waals surface area contributed by atoms with Gasteiger partial charge in [0.1, 0.15) is 13.2 Å². The molecule has 0 spiro atoms. The molecule has 2 unspecified atom stereocenters. The number of unbranched alkanes of at least 4 members (excludes halogenated alkanes) is 43. The number of carboxylic acid groups (broad SMARTS) is 1. The first kappa shape index (κ1) is 71.0. The fourth-order valence-electron chi connectivity index (χ4n) is 9.59. The minimum atomic E-state index is -1.62. The first-order valence-electron chi connectivity index (χ1n) is 31.8. The van der Waals surface area contributed by atoms with Crippen molar-refractivity contribution in [2.45, 2.75) is 334 Å². The average Bonchev–Trinajstić information content (AvgIpc) is 3.36. The number of allylic oxidation sites excluding steroid dienone is 2. The summed E-state index contributed by atoms with van der Waals surface area (Å²) in [6, 6.07) is 0. The van der Waals surface area contributed by atoms with E-state index in [4.69, 9.17) is 18.9 Å². The Morgan fingerprint density at radius 2 is 0.699 bits per heavy atom. The Bertz CT molecular complexity index is 1200. The number of ether oxygens (including phenoxy) is 4. The van der Waals surface area contributed by atoms with Gasteiger partial charge in [-0.05, 0) is 38.5 Å². The van der Waals surface area contributed by atoms with Crippen LogP contribution in [-0.2, 0) is 33.3 Å². The van der Waals surface area contributed by atoms with Crippen molar-refractivity contribution in [2.24, 2.45) is 0 Å². The fraction of sp³-hybridized carbons (Fsp3) is 0.922. The lowest BCUT2D eigenvalue weighted by molar-refractivity contribution is -0.870. The maximum atomic E-state index is 12.9. The monoisotopic (exact) mass is 1030 g/mol. The average molecular weight is 1030 g/mol. The highest BCUT2D eigenvalue weighted by atomic mass is 16.7. The lowest BCUT2D eigenvalue weighted by atomic mass is 10.0. The van der Waals surface area contributed by atoms with Gasteiger partial charge < -0.3 is 33.3 Å². The van der Waals surface area contributed by atoms with Crippen LogP contribution in [0.1, 0.15) is 322 Å². The normalized spacial score (nSPS) is 12.7. The second kappa shape index (κ2) is 56.2. The zero-order valence-electron chi connectivity index (χ0n) is 49.3. The van der Waals surface area contributed by atoms with Crippen molar-refractivity contribution in [1.82, 2.24) is 0 Å². The highest BCUT2D eigenvalue weighted by Crippen LogP contribution is 2.18. The van der Waals surface area contributed by atoms with Crippen molar-refractivity contribution < 1.29 is 42.9 Å². The van der Waals surface area contributed by atoms with E-state index in [1.165, 1.54) is 244 Å². The quantitative estimate of drug-likeness (QED) is 0.0195. The summed E-state index contributed by atoms with van der Waals surface area (Å²) in [5, 5.41) is 11.8. The molecule has 432 valence electrons. The van der Waals surface area contributed by atoms with Gasteiger partial charge in [0.2, 0.25) is 0 Å². The molecule has 9 nitrogen and oxygen atoms in total. The van der Waals surface area contributed by atoms with Crippen LogP contribution < -0.4 is 5.11 Å². The third-order valence-electron chi connectivity index (χ3n) is 14.5. The molecule has 0 aliphatic carbocycles. The van der Waals surface area contributed by atoms with E-state index in [0.717, 1.165) is 44.9 Å². The van der Waals surface area contributed by atoms with Crippen molar-refractivity contribution >= 4 is 17.9 Å². The van der Waals surface area contributed by atoms with Crippen molar-refractivity contribution in [3.8, 4) is 0 Å². The van der Waals surface area contributed by atoms with Crippen molar-refractivity contribution in [3.63, 3.8) is 0 Å². The summed E-state index contributed by atoms with van der Waals surface area (Å²) in [6.45, 7) is 4.80. The van der Waals surface area contributed by atoms with Crippen LogP contribution in [0.15, 0.2) is 12.2 Å². The Balaban J connectivity index is 4.04. The van der Waals surface area contributed by atoms with Crippen molar-refractivity contribution in [3.05, 3.63) is 12.2 Å². The Morgan fingerprint density at radius 1 is 0.397 bits per heavy atom. The lowest BCUT2D eigenvalue weighted by Gasteiger charge is -2.26. The molecule has 0 fully saturated rings. The van der Waals surface area contributed by atoms with Gasteiger partial charge in [0.25, 0.3) is 0 Å². The van der Waals surface area contributed by atoms with E-state index in [2.05, 4.69) is 26.0 Å². The predicted octanol–water partition coefficient (Wildman–Crippen LogP) is 17.6. The molecular weight excluding hydrogens is 911 g/mol. The van der Waals surface area contributed by atoms with E-state index in [-0.39, 0.29) is 32.2 Å². The Labute approximate surface area is 453 Å². The van der Waals surface area contributed by atoms with Gasteiger partial charge in [-0.15, -0.1) is 0 Å². The van der Waals surface area contributed by atoms with E-state index in [1.807, 2.05) is 21.1 Å². The molecule has 0 saturated carbocycles. The highest BCUT2D eigenvalue weighted by molar-refractivity contribution is 5.70. The number of likely N-dealkylation sites (N-methyl/N-ethyl adjacent to an activating group) is 1. The number of esters is 2. The summed E-state index contributed by atoms with van der Waals surface area (Å²) in [5.74, 6) is -2.26. The molecule has 0 aliphatic heterocycles. The number of hydrogen-bond acceptors (Lipinski definition) is 8. The van der Waals surface area contributed by atoms with Crippen LogP contribution in [0.2, 0.25) is 0 Å². The van der Waals surface area contributed by atoms with Crippen LogP contribution in [0.3, 0.4) is 0 Å². The molecule has 0 aromatic rings. The zero-order valence-corrected chi connectivity index (χ0v) is 49.3.